The van der Waals surface area contributed by atoms with Crippen LogP contribution >= 0.6 is 0 Å². The summed E-state index contributed by atoms with van der Waals surface area (Å²) in [5.74, 6) is -0.417. The summed E-state index contributed by atoms with van der Waals surface area (Å²) in [6.45, 7) is 7.15. The Morgan fingerprint density at radius 3 is 2.63 bits per heavy atom. The van der Waals surface area contributed by atoms with Gasteiger partial charge in [0.25, 0.3) is 0 Å². The quantitative estimate of drug-likeness (QED) is 0.453. The van der Waals surface area contributed by atoms with Crippen molar-refractivity contribution in [2.24, 2.45) is 0 Å². The number of carbonyl (C=O) groups is 1. The smallest absolute Gasteiger partial charge is 0.330 e. The van der Waals surface area contributed by atoms with Crippen LogP contribution in [0.5, 0.6) is 0 Å². The van der Waals surface area contributed by atoms with Gasteiger partial charge in [0.2, 0.25) is 0 Å². The van der Waals surface area contributed by atoms with Crippen LogP contribution in [0.2, 0.25) is 0 Å². The number of benzene rings is 2. The fourth-order valence-corrected chi connectivity index (χ4v) is 2.11. The van der Waals surface area contributed by atoms with E-state index in [9.17, 15) is 4.79 Å². The monoisotopic (exact) mass is 252 g/mol. The fraction of sp³-hybridized carbons (Fsp3) is 0.118. The van der Waals surface area contributed by atoms with Crippen LogP contribution in [-0.2, 0) is 9.53 Å². The van der Waals surface area contributed by atoms with Crippen LogP contribution in [0.15, 0.2) is 67.8 Å². The van der Waals surface area contributed by atoms with Gasteiger partial charge in [-0.05, 0) is 10.8 Å². The molecule has 19 heavy (non-hydrogen) atoms. The van der Waals surface area contributed by atoms with Crippen LogP contribution in [0.3, 0.4) is 0 Å². The van der Waals surface area contributed by atoms with Gasteiger partial charge in [0.15, 0.2) is 0 Å². The lowest BCUT2D eigenvalue weighted by molar-refractivity contribution is -0.143. The van der Waals surface area contributed by atoms with Crippen molar-refractivity contribution in [1.82, 2.24) is 0 Å². The summed E-state index contributed by atoms with van der Waals surface area (Å²) in [5, 5.41) is 2.22. The van der Waals surface area contributed by atoms with Gasteiger partial charge in [0.1, 0.15) is 6.10 Å². The highest BCUT2D eigenvalue weighted by Gasteiger charge is 2.16. The SMILES string of the molecule is C=CC[C@@H](OC(=O)C=C)c1cccc2ccccc12. The third kappa shape index (κ3) is 2.91. The van der Waals surface area contributed by atoms with E-state index in [4.69, 9.17) is 4.74 Å². The molecule has 2 heteroatoms. The van der Waals surface area contributed by atoms with E-state index in [1.807, 2.05) is 42.5 Å². The Morgan fingerprint density at radius 1 is 1.16 bits per heavy atom. The lowest BCUT2D eigenvalue weighted by Gasteiger charge is -2.17. The number of rotatable bonds is 5. The maximum Gasteiger partial charge on any atom is 0.330 e. The molecular weight excluding hydrogens is 236 g/mol. The number of ether oxygens (including phenoxy) is 1. The molecule has 0 amide bonds. The van der Waals surface area contributed by atoms with Gasteiger partial charge in [0, 0.05) is 18.1 Å². The predicted molar refractivity (Wildman–Crippen MR) is 77.8 cm³/mol. The van der Waals surface area contributed by atoms with Gasteiger partial charge in [-0.25, -0.2) is 4.79 Å². The molecule has 0 bridgehead atoms. The maximum absolute atomic E-state index is 11.4. The summed E-state index contributed by atoms with van der Waals surface area (Å²) in [5.41, 5.74) is 0.994. The summed E-state index contributed by atoms with van der Waals surface area (Å²) in [6.07, 6.45) is 3.19. The van der Waals surface area contributed by atoms with Crippen LogP contribution < -0.4 is 0 Å². The molecule has 0 fully saturated rings. The molecule has 2 aromatic rings. The molecule has 0 heterocycles. The van der Waals surface area contributed by atoms with Crippen LogP contribution in [0.4, 0.5) is 0 Å². The molecule has 0 saturated heterocycles. The number of hydrogen-bond acceptors (Lipinski definition) is 2. The molecule has 1 atom stereocenters. The zero-order chi connectivity index (χ0) is 13.7. The van der Waals surface area contributed by atoms with Crippen LogP contribution in [-0.4, -0.2) is 5.97 Å². The molecule has 0 unspecified atom stereocenters. The van der Waals surface area contributed by atoms with Gasteiger partial charge in [-0.3, -0.25) is 0 Å². The van der Waals surface area contributed by atoms with E-state index in [1.54, 1.807) is 6.08 Å². The Morgan fingerprint density at radius 2 is 1.89 bits per heavy atom. The fourth-order valence-electron chi connectivity index (χ4n) is 2.11. The second kappa shape index (κ2) is 6.01. The van der Waals surface area contributed by atoms with Crippen molar-refractivity contribution in [3.05, 3.63) is 73.3 Å². The van der Waals surface area contributed by atoms with Gasteiger partial charge in [0.05, 0.1) is 0 Å². The van der Waals surface area contributed by atoms with Crippen molar-refractivity contribution < 1.29 is 9.53 Å². The summed E-state index contributed by atoms with van der Waals surface area (Å²) in [4.78, 5) is 11.4. The zero-order valence-electron chi connectivity index (χ0n) is 10.7. The summed E-state index contributed by atoms with van der Waals surface area (Å²) in [6, 6.07) is 14.0. The number of fused-ring (bicyclic) bond motifs is 1. The van der Waals surface area contributed by atoms with E-state index < -0.39 is 5.97 Å². The predicted octanol–water partition coefficient (Wildman–Crippen LogP) is 4.19. The summed E-state index contributed by atoms with van der Waals surface area (Å²) in [7, 11) is 0. The summed E-state index contributed by atoms with van der Waals surface area (Å²) >= 11 is 0. The molecule has 96 valence electrons. The molecule has 0 saturated carbocycles. The van der Waals surface area contributed by atoms with Crippen molar-refractivity contribution in [2.75, 3.05) is 0 Å². The minimum absolute atomic E-state index is 0.325. The maximum atomic E-state index is 11.4. The Kier molecular flexibility index (Phi) is 4.14. The normalized spacial score (nSPS) is 11.8. The molecule has 0 spiro atoms. The second-order valence-corrected chi connectivity index (χ2v) is 4.22. The van der Waals surface area contributed by atoms with Crippen molar-refractivity contribution >= 4 is 16.7 Å². The topological polar surface area (TPSA) is 26.3 Å². The molecule has 0 radical (unpaired) electrons. The van der Waals surface area contributed by atoms with Crippen LogP contribution in [0, 0.1) is 0 Å². The first-order valence-electron chi connectivity index (χ1n) is 6.18. The van der Waals surface area contributed by atoms with Crippen molar-refractivity contribution in [2.45, 2.75) is 12.5 Å². The van der Waals surface area contributed by atoms with Gasteiger partial charge < -0.3 is 4.74 Å². The number of hydrogen-bond donors (Lipinski definition) is 0. The third-order valence-corrected chi connectivity index (χ3v) is 2.98. The standard InChI is InChI=1S/C17H16O2/c1-3-8-16(19-17(18)4-2)15-12-7-10-13-9-5-6-11-14(13)15/h3-7,9-12,16H,1-2,8H2/t16-/m1/s1. The molecule has 0 aliphatic heterocycles. The molecule has 0 aromatic heterocycles. The Hall–Kier alpha value is -2.35. The van der Waals surface area contributed by atoms with E-state index in [2.05, 4.69) is 13.2 Å². The molecular formula is C17H16O2. The van der Waals surface area contributed by atoms with Gasteiger partial charge >= 0.3 is 5.97 Å². The van der Waals surface area contributed by atoms with E-state index in [1.165, 1.54) is 6.08 Å². The van der Waals surface area contributed by atoms with E-state index in [-0.39, 0.29) is 6.10 Å². The highest BCUT2D eigenvalue weighted by Crippen LogP contribution is 2.29. The highest BCUT2D eigenvalue weighted by molar-refractivity contribution is 5.87. The number of esters is 1. The van der Waals surface area contributed by atoms with Crippen molar-refractivity contribution in [3.63, 3.8) is 0 Å². The first-order valence-corrected chi connectivity index (χ1v) is 6.18. The van der Waals surface area contributed by atoms with Crippen LogP contribution in [0.1, 0.15) is 18.1 Å². The minimum Gasteiger partial charge on any atom is -0.454 e. The first-order chi connectivity index (χ1) is 9.26. The average Bonchev–Trinajstić information content (AvgIpc) is 2.46. The van der Waals surface area contributed by atoms with E-state index in [0.29, 0.717) is 6.42 Å². The van der Waals surface area contributed by atoms with Gasteiger partial charge in [-0.2, -0.15) is 0 Å². The lowest BCUT2D eigenvalue weighted by Crippen LogP contribution is -2.09. The highest BCUT2D eigenvalue weighted by atomic mass is 16.5. The molecule has 0 N–H and O–H groups in total. The molecule has 0 aliphatic carbocycles. The lowest BCUT2D eigenvalue weighted by atomic mass is 9.98. The van der Waals surface area contributed by atoms with E-state index in [0.717, 1.165) is 16.3 Å². The van der Waals surface area contributed by atoms with Gasteiger partial charge in [-0.1, -0.05) is 55.1 Å². The van der Waals surface area contributed by atoms with Crippen molar-refractivity contribution in [3.8, 4) is 0 Å². The largest absolute Gasteiger partial charge is 0.454 e. The van der Waals surface area contributed by atoms with Crippen LogP contribution in [0.25, 0.3) is 10.8 Å². The Bertz CT molecular complexity index is 608. The van der Waals surface area contributed by atoms with E-state index >= 15 is 0 Å². The third-order valence-electron chi connectivity index (χ3n) is 2.98. The summed E-state index contributed by atoms with van der Waals surface area (Å²) < 4.78 is 5.41. The molecule has 0 aliphatic rings. The molecule has 2 aromatic carbocycles. The Labute approximate surface area is 113 Å². The first kappa shape index (κ1) is 13.1. The second-order valence-electron chi connectivity index (χ2n) is 4.22. The molecule has 2 rings (SSSR count). The number of carbonyl (C=O) groups excluding carboxylic acids is 1. The zero-order valence-corrected chi connectivity index (χ0v) is 10.7. The van der Waals surface area contributed by atoms with Gasteiger partial charge in [-0.15, -0.1) is 6.58 Å². The molecule has 2 nitrogen and oxygen atoms in total. The average molecular weight is 252 g/mol. The minimum atomic E-state index is -0.417. The Balaban J connectivity index is 2.46. The van der Waals surface area contributed by atoms with Crippen molar-refractivity contribution in [1.29, 1.82) is 0 Å².